The van der Waals surface area contributed by atoms with Gasteiger partial charge in [0.05, 0.1) is 11.3 Å². The molecule has 1 aromatic rings. The van der Waals surface area contributed by atoms with Gasteiger partial charge in [-0.3, -0.25) is 4.79 Å². The van der Waals surface area contributed by atoms with Crippen LogP contribution in [-0.4, -0.2) is 31.4 Å². The first-order chi connectivity index (χ1) is 9.34. The highest BCUT2D eigenvalue weighted by Crippen LogP contribution is 2.31. The summed E-state index contributed by atoms with van der Waals surface area (Å²) in [5.41, 5.74) is 0.884. The van der Waals surface area contributed by atoms with E-state index in [1.807, 2.05) is 24.3 Å². The van der Waals surface area contributed by atoms with Crippen LogP contribution in [0.3, 0.4) is 0 Å². The summed E-state index contributed by atoms with van der Waals surface area (Å²) in [5, 5.41) is 1.12. The van der Waals surface area contributed by atoms with E-state index in [1.165, 1.54) is 6.92 Å². The zero-order valence-corrected chi connectivity index (χ0v) is 12.6. The van der Waals surface area contributed by atoms with Crippen LogP contribution in [0.1, 0.15) is 32.4 Å². The van der Waals surface area contributed by atoms with E-state index in [0.717, 1.165) is 11.3 Å². The Hall–Kier alpha value is -1.56. The number of fused-ring (bicyclic) bond motifs is 1. The number of ether oxygens (including phenoxy) is 1. The molecule has 0 bridgehead atoms. The van der Waals surface area contributed by atoms with Crippen LogP contribution in [0, 0.1) is 0 Å². The van der Waals surface area contributed by atoms with Gasteiger partial charge in [0.15, 0.2) is 9.84 Å². The largest absolute Gasteiger partial charge is 0.491 e. The maximum atomic E-state index is 12.1. The molecule has 20 heavy (non-hydrogen) atoms. The van der Waals surface area contributed by atoms with Crippen molar-refractivity contribution in [3.8, 4) is 5.75 Å². The lowest BCUT2D eigenvalue weighted by molar-refractivity contribution is -0.121. The molecule has 1 heterocycles. The second kappa shape index (κ2) is 5.44. The quantitative estimate of drug-likeness (QED) is 0.913. The van der Waals surface area contributed by atoms with E-state index in [1.54, 1.807) is 13.8 Å². The van der Waals surface area contributed by atoms with Crippen molar-refractivity contribution in [1.82, 2.24) is 5.32 Å². The molecule has 1 N–H and O–H groups in total. The summed E-state index contributed by atoms with van der Waals surface area (Å²) >= 11 is 0. The van der Waals surface area contributed by atoms with E-state index in [4.69, 9.17) is 4.74 Å². The molecular weight excluding hydrogens is 278 g/mol. The van der Waals surface area contributed by atoms with Crippen LogP contribution in [0.15, 0.2) is 24.3 Å². The van der Waals surface area contributed by atoms with Gasteiger partial charge in [0, 0.05) is 5.56 Å². The monoisotopic (exact) mass is 297 g/mol. The third-order valence-corrected chi connectivity index (χ3v) is 6.05. The van der Waals surface area contributed by atoms with Crippen LogP contribution >= 0.6 is 0 Å². The normalized spacial score (nSPS) is 19.3. The summed E-state index contributed by atoms with van der Waals surface area (Å²) in [4.78, 5) is 12.1. The number of rotatable bonds is 4. The smallest absolute Gasteiger partial charge is 0.238 e. The Morgan fingerprint density at radius 2 is 1.95 bits per heavy atom. The molecule has 0 aliphatic carbocycles. The highest BCUT2D eigenvalue weighted by atomic mass is 32.2. The van der Waals surface area contributed by atoms with Crippen LogP contribution in [0.4, 0.5) is 0 Å². The predicted octanol–water partition coefficient (Wildman–Crippen LogP) is 1.45. The van der Waals surface area contributed by atoms with Gasteiger partial charge in [0.2, 0.25) is 5.91 Å². The number of para-hydroxylation sites is 1. The molecule has 0 spiro atoms. The molecule has 5 nitrogen and oxygen atoms in total. The molecule has 0 saturated heterocycles. The van der Waals surface area contributed by atoms with Crippen LogP contribution in [0.2, 0.25) is 0 Å². The average molecular weight is 297 g/mol. The lowest BCUT2D eigenvalue weighted by atomic mass is 10.1. The molecule has 1 aromatic carbocycles. The Balaban J connectivity index is 2.11. The van der Waals surface area contributed by atoms with E-state index < -0.39 is 26.2 Å². The molecule has 2 rings (SSSR count). The van der Waals surface area contributed by atoms with Gasteiger partial charge in [-0.1, -0.05) is 18.2 Å². The first-order valence-electron chi connectivity index (χ1n) is 6.59. The molecule has 1 aliphatic rings. The van der Waals surface area contributed by atoms with Gasteiger partial charge in [-0.2, -0.15) is 0 Å². The Morgan fingerprint density at radius 3 is 2.60 bits per heavy atom. The Kier molecular flexibility index (Phi) is 4.04. The summed E-state index contributed by atoms with van der Waals surface area (Å²) in [6.45, 7) is 4.91. The topological polar surface area (TPSA) is 72.5 Å². The van der Waals surface area contributed by atoms with Crippen molar-refractivity contribution in [3.63, 3.8) is 0 Å². The van der Waals surface area contributed by atoms with Crippen molar-refractivity contribution < 1.29 is 17.9 Å². The van der Waals surface area contributed by atoms with Crippen molar-refractivity contribution >= 4 is 15.7 Å². The molecule has 0 saturated carbocycles. The zero-order chi connectivity index (χ0) is 14.9. The maximum absolute atomic E-state index is 12.1. The fourth-order valence-electron chi connectivity index (χ4n) is 2.13. The van der Waals surface area contributed by atoms with Gasteiger partial charge in [0.25, 0.3) is 0 Å². The van der Waals surface area contributed by atoms with Crippen LogP contribution in [0.25, 0.3) is 0 Å². The Labute approximate surface area is 119 Å². The molecule has 2 unspecified atom stereocenters. The van der Waals surface area contributed by atoms with Gasteiger partial charge in [-0.05, 0) is 26.8 Å². The van der Waals surface area contributed by atoms with Gasteiger partial charge in [0.1, 0.15) is 17.6 Å². The second-order valence-corrected chi connectivity index (χ2v) is 8.02. The van der Waals surface area contributed by atoms with Crippen molar-refractivity contribution in [3.05, 3.63) is 29.8 Å². The van der Waals surface area contributed by atoms with Crippen LogP contribution in [-0.2, 0) is 14.6 Å². The first kappa shape index (κ1) is 14.8. The second-order valence-electron chi connectivity index (χ2n) is 5.19. The Morgan fingerprint density at radius 1 is 1.30 bits per heavy atom. The number of hydrogen-bond donors (Lipinski definition) is 1. The number of amides is 1. The Bertz CT molecular complexity index is 609. The SMILES string of the molecule is CC(C)S(=O)(=O)C(C)C(=O)NC1COc2ccccc21. The summed E-state index contributed by atoms with van der Waals surface area (Å²) in [6.07, 6.45) is 0. The molecule has 6 heteroatoms. The van der Waals surface area contributed by atoms with E-state index in [0.29, 0.717) is 6.61 Å². The molecule has 2 atom stereocenters. The fourth-order valence-corrected chi connectivity index (χ4v) is 3.31. The van der Waals surface area contributed by atoms with E-state index in [-0.39, 0.29) is 6.04 Å². The van der Waals surface area contributed by atoms with E-state index in [9.17, 15) is 13.2 Å². The maximum Gasteiger partial charge on any atom is 0.238 e. The molecule has 110 valence electrons. The summed E-state index contributed by atoms with van der Waals surface area (Å²) in [5.74, 6) is 0.251. The third kappa shape index (κ3) is 2.65. The van der Waals surface area contributed by atoms with Crippen molar-refractivity contribution in [2.24, 2.45) is 0 Å². The number of carbonyl (C=O) groups is 1. The molecular formula is C14H19NO4S. The average Bonchev–Trinajstić information content (AvgIpc) is 2.81. The minimum absolute atomic E-state index is 0.288. The van der Waals surface area contributed by atoms with Crippen molar-refractivity contribution in [2.45, 2.75) is 37.3 Å². The minimum atomic E-state index is -3.45. The summed E-state index contributed by atoms with van der Waals surface area (Å²) in [6, 6.07) is 7.13. The number of sulfone groups is 1. The van der Waals surface area contributed by atoms with Crippen molar-refractivity contribution in [2.75, 3.05) is 6.61 Å². The van der Waals surface area contributed by atoms with Crippen LogP contribution < -0.4 is 10.1 Å². The van der Waals surface area contributed by atoms with Crippen LogP contribution in [0.5, 0.6) is 5.75 Å². The fraction of sp³-hybridized carbons (Fsp3) is 0.500. The third-order valence-electron chi connectivity index (χ3n) is 3.54. The van der Waals surface area contributed by atoms with E-state index in [2.05, 4.69) is 5.32 Å². The van der Waals surface area contributed by atoms with E-state index >= 15 is 0 Å². The lowest BCUT2D eigenvalue weighted by Crippen LogP contribution is -2.42. The highest BCUT2D eigenvalue weighted by Gasteiger charge is 2.33. The summed E-state index contributed by atoms with van der Waals surface area (Å²) in [7, 11) is -3.45. The number of hydrogen-bond acceptors (Lipinski definition) is 4. The number of benzene rings is 1. The standard InChI is InChI=1S/C14H19NO4S/c1-9(2)20(17,18)10(3)14(16)15-12-8-19-13-7-5-4-6-11(12)13/h4-7,9-10,12H,8H2,1-3H3,(H,15,16). The molecule has 1 amide bonds. The lowest BCUT2D eigenvalue weighted by Gasteiger charge is -2.18. The minimum Gasteiger partial charge on any atom is -0.491 e. The number of nitrogens with one attached hydrogen (secondary N) is 1. The van der Waals surface area contributed by atoms with Gasteiger partial charge < -0.3 is 10.1 Å². The highest BCUT2D eigenvalue weighted by molar-refractivity contribution is 7.93. The van der Waals surface area contributed by atoms with Gasteiger partial charge >= 0.3 is 0 Å². The van der Waals surface area contributed by atoms with Gasteiger partial charge in [-0.15, -0.1) is 0 Å². The zero-order valence-electron chi connectivity index (χ0n) is 11.8. The van der Waals surface area contributed by atoms with Gasteiger partial charge in [-0.25, -0.2) is 8.42 Å². The number of carbonyl (C=O) groups excluding carboxylic acids is 1. The molecule has 1 aliphatic heterocycles. The van der Waals surface area contributed by atoms with Crippen molar-refractivity contribution in [1.29, 1.82) is 0 Å². The molecule has 0 fully saturated rings. The summed E-state index contributed by atoms with van der Waals surface area (Å²) < 4.78 is 29.5. The molecule has 0 radical (unpaired) electrons. The predicted molar refractivity (Wildman–Crippen MR) is 76.3 cm³/mol. The molecule has 0 aromatic heterocycles. The first-order valence-corrected chi connectivity index (χ1v) is 8.19.